The van der Waals surface area contributed by atoms with E-state index in [4.69, 9.17) is 10.8 Å². The van der Waals surface area contributed by atoms with Gasteiger partial charge in [-0.15, -0.1) is 0 Å². The van der Waals surface area contributed by atoms with Crippen molar-refractivity contribution in [2.75, 3.05) is 11.1 Å². The lowest BCUT2D eigenvalue weighted by molar-refractivity contribution is 0.102. The highest BCUT2D eigenvalue weighted by Crippen LogP contribution is 2.22. The third kappa shape index (κ3) is 2.40. The molecule has 5 heteroatoms. The molecule has 4 nitrogen and oxygen atoms in total. The van der Waals surface area contributed by atoms with Crippen molar-refractivity contribution in [3.63, 3.8) is 0 Å². The number of anilines is 2. The zero-order chi connectivity index (χ0) is 13.1. The number of nitrogens with one attached hydrogen (secondary N) is 1. The Balaban J connectivity index is 2.24. The Morgan fingerprint density at radius 3 is 2.44 bits per heavy atom. The summed E-state index contributed by atoms with van der Waals surface area (Å²) in [4.78, 5) is 11.8. The maximum Gasteiger partial charge on any atom is 0.255 e. The summed E-state index contributed by atoms with van der Waals surface area (Å²) < 4.78 is 13.5. The standard InChI is InChI=1S/C13H11FN2O2/c14-10-2-1-3-11(15)12(10)16-13(18)8-4-6-9(17)7-5-8/h1-7,17H,15H2,(H,16,18). The van der Waals surface area contributed by atoms with E-state index in [0.717, 1.165) is 0 Å². The molecule has 0 unspecified atom stereocenters. The molecule has 1 amide bonds. The first-order valence-corrected chi connectivity index (χ1v) is 5.22. The topological polar surface area (TPSA) is 75.3 Å². The molecule has 0 aliphatic carbocycles. The Labute approximate surface area is 103 Å². The van der Waals surface area contributed by atoms with Crippen LogP contribution in [0.4, 0.5) is 15.8 Å². The number of rotatable bonds is 2. The molecule has 4 N–H and O–H groups in total. The second-order valence-electron chi connectivity index (χ2n) is 3.71. The lowest BCUT2D eigenvalue weighted by Gasteiger charge is -2.09. The highest BCUT2D eigenvalue weighted by Gasteiger charge is 2.11. The van der Waals surface area contributed by atoms with Crippen LogP contribution < -0.4 is 11.1 Å². The van der Waals surface area contributed by atoms with Crippen molar-refractivity contribution >= 4 is 17.3 Å². The van der Waals surface area contributed by atoms with Crippen molar-refractivity contribution in [2.24, 2.45) is 0 Å². The minimum absolute atomic E-state index is 0.0458. The number of benzene rings is 2. The van der Waals surface area contributed by atoms with Crippen LogP contribution >= 0.6 is 0 Å². The fourth-order valence-corrected chi connectivity index (χ4v) is 1.47. The van der Waals surface area contributed by atoms with Gasteiger partial charge in [0.1, 0.15) is 17.3 Å². The molecule has 0 aliphatic heterocycles. The molecular weight excluding hydrogens is 235 g/mol. The van der Waals surface area contributed by atoms with E-state index in [1.165, 1.54) is 42.5 Å². The Morgan fingerprint density at radius 1 is 1.17 bits per heavy atom. The number of phenolic OH excluding ortho intramolecular Hbond substituents is 1. The summed E-state index contributed by atoms with van der Waals surface area (Å²) >= 11 is 0. The van der Waals surface area contributed by atoms with Crippen LogP contribution in [0.1, 0.15) is 10.4 Å². The number of hydrogen-bond donors (Lipinski definition) is 3. The Hall–Kier alpha value is -2.56. The average Bonchev–Trinajstić information content (AvgIpc) is 2.34. The molecule has 0 heterocycles. The summed E-state index contributed by atoms with van der Waals surface area (Å²) in [6.45, 7) is 0. The fourth-order valence-electron chi connectivity index (χ4n) is 1.47. The number of nitrogen functional groups attached to an aromatic ring is 1. The molecule has 0 radical (unpaired) electrons. The van der Waals surface area contributed by atoms with E-state index in [-0.39, 0.29) is 17.1 Å². The molecule has 2 aromatic carbocycles. The van der Waals surface area contributed by atoms with Gasteiger partial charge in [-0.25, -0.2) is 4.39 Å². The van der Waals surface area contributed by atoms with Gasteiger partial charge in [0.05, 0.1) is 5.69 Å². The molecule has 2 aromatic rings. The SMILES string of the molecule is Nc1cccc(F)c1NC(=O)c1ccc(O)cc1. The van der Waals surface area contributed by atoms with E-state index >= 15 is 0 Å². The number of halogens is 1. The third-order valence-electron chi connectivity index (χ3n) is 2.41. The van der Waals surface area contributed by atoms with E-state index in [0.29, 0.717) is 5.56 Å². The Kier molecular flexibility index (Phi) is 3.14. The van der Waals surface area contributed by atoms with Crippen molar-refractivity contribution in [1.82, 2.24) is 0 Å². The first-order valence-electron chi connectivity index (χ1n) is 5.22. The molecule has 18 heavy (non-hydrogen) atoms. The average molecular weight is 246 g/mol. The molecular formula is C13H11FN2O2. The molecule has 0 saturated heterocycles. The first-order chi connectivity index (χ1) is 8.58. The molecule has 2 rings (SSSR count). The number of aromatic hydroxyl groups is 1. The predicted molar refractivity (Wildman–Crippen MR) is 66.9 cm³/mol. The number of phenols is 1. The minimum Gasteiger partial charge on any atom is -0.508 e. The molecule has 92 valence electrons. The Morgan fingerprint density at radius 2 is 1.83 bits per heavy atom. The molecule has 0 aromatic heterocycles. The summed E-state index contributed by atoms with van der Waals surface area (Å²) in [6, 6.07) is 9.78. The largest absolute Gasteiger partial charge is 0.508 e. The highest BCUT2D eigenvalue weighted by molar-refractivity contribution is 6.05. The van der Waals surface area contributed by atoms with Crippen LogP contribution in [0, 0.1) is 5.82 Å². The lowest BCUT2D eigenvalue weighted by atomic mass is 10.2. The first kappa shape index (κ1) is 11.9. The quantitative estimate of drug-likeness (QED) is 0.712. The van der Waals surface area contributed by atoms with E-state index < -0.39 is 11.7 Å². The smallest absolute Gasteiger partial charge is 0.255 e. The number of amides is 1. The van der Waals surface area contributed by atoms with Crippen LogP contribution in [0.25, 0.3) is 0 Å². The summed E-state index contributed by atoms with van der Waals surface area (Å²) in [5, 5.41) is 11.5. The number of hydrogen-bond acceptors (Lipinski definition) is 3. The molecule has 0 spiro atoms. The van der Waals surface area contributed by atoms with Crippen LogP contribution in [0.3, 0.4) is 0 Å². The third-order valence-corrected chi connectivity index (χ3v) is 2.41. The monoisotopic (exact) mass is 246 g/mol. The summed E-state index contributed by atoms with van der Waals surface area (Å²) in [5.74, 6) is -1.04. The van der Waals surface area contributed by atoms with E-state index in [2.05, 4.69) is 5.32 Å². The number of carbonyl (C=O) groups is 1. The van der Waals surface area contributed by atoms with E-state index in [9.17, 15) is 9.18 Å². The summed E-state index contributed by atoms with van der Waals surface area (Å²) in [6.07, 6.45) is 0. The number of carbonyl (C=O) groups excluding carboxylic acids is 1. The Bertz CT molecular complexity index is 562. The number of nitrogens with two attached hydrogens (primary N) is 1. The fraction of sp³-hybridized carbons (Fsp3) is 0. The van der Waals surface area contributed by atoms with Crippen LogP contribution in [0.15, 0.2) is 42.5 Å². The van der Waals surface area contributed by atoms with Crippen molar-refractivity contribution in [3.05, 3.63) is 53.8 Å². The maximum absolute atomic E-state index is 13.5. The van der Waals surface area contributed by atoms with Crippen LogP contribution in [-0.2, 0) is 0 Å². The molecule has 0 aliphatic rings. The van der Waals surface area contributed by atoms with Gasteiger partial charge in [0.25, 0.3) is 5.91 Å². The zero-order valence-electron chi connectivity index (χ0n) is 9.35. The minimum atomic E-state index is -0.595. The van der Waals surface area contributed by atoms with Crippen molar-refractivity contribution < 1.29 is 14.3 Å². The second-order valence-corrected chi connectivity index (χ2v) is 3.71. The second kappa shape index (κ2) is 4.75. The molecule has 0 atom stereocenters. The van der Waals surface area contributed by atoms with Gasteiger partial charge in [-0.1, -0.05) is 6.07 Å². The maximum atomic E-state index is 13.5. The van der Waals surface area contributed by atoms with Gasteiger partial charge in [-0.05, 0) is 36.4 Å². The van der Waals surface area contributed by atoms with Crippen LogP contribution in [-0.4, -0.2) is 11.0 Å². The van der Waals surface area contributed by atoms with Crippen molar-refractivity contribution in [3.8, 4) is 5.75 Å². The summed E-state index contributed by atoms with van der Waals surface area (Å²) in [5.41, 5.74) is 5.99. The zero-order valence-corrected chi connectivity index (χ0v) is 9.35. The van der Waals surface area contributed by atoms with Gasteiger partial charge in [0, 0.05) is 5.56 Å². The van der Waals surface area contributed by atoms with Gasteiger partial charge < -0.3 is 16.2 Å². The van der Waals surface area contributed by atoms with Crippen LogP contribution in [0.5, 0.6) is 5.75 Å². The highest BCUT2D eigenvalue weighted by atomic mass is 19.1. The van der Waals surface area contributed by atoms with Crippen LogP contribution in [0.2, 0.25) is 0 Å². The number of para-hydroxylation sites is 1. The summed E-state index contributed by atoms with van der Waals surface area (Å²) in [7, 11) is 0. The molecule has 0 saturated carbocycles. The van der Waals surface area contributed by atoms with Gasteiger partial charge in [-0.2, -0.15) is 0 Å². The molecule has 0 fully saturated rings. The lowest BCUT2D eigenvalue weighted by Crippen LogP contribution is -2.14. The van der Waals surface area contributed by atoms with E-state index in [1.807, 2.05) is 0 Å². The van der Waals surface area contributed by atoms with Crippen molar-refractivity contribution in [1.29, 1.82) is 0 Å². The van der Waals surface area contributed by atoms with E-state index in [1.54, 1.807) is 0 Å². The predicted octanol–water partition coefficient (Wildman–Crippen LogP) is 2.37. The van der Waals surface area contributed by atoms with Gasteiger partial charge in [0.15, 0.2) is 0 Å². The van der Waals surface area contributed by atoms with Gasteiger partial charge >= 0.3 is 0 Å². The normalized spacial score (nSPS) is 10.1. The van der Waals surface area contributed by atoms with Crippen molar-refractivity contribution in [2.45, 2.75) is 0 Å². The molecule has 0 bridgehead atoms. The van der Waals surface area contributed by atoms with Gasteiger partial charge in [0.2, 0.25) is 0 Å². The van der Waals surface area contributed by atoms with Gasteiger partial charge in [-0.3, -0.25) is 4.79 Å².